The maximum absolute atomic E-state index is 13.3. The van der Waals surface area contributed by atoms with Crippen LogP contribution in [0.2, 0.25) is 0 Å². The van der Waals surface area contributed by atoms with E-state index >= 15 is 0 Å². The molecule has 1 heterocycles. The first-order valence-corrected chi connectivity index (χ1v) is 14.2. The van der Waals surface area contributed by atoms with Gasteiger partial charge in [-0.2, -0.15) is 4.99 Å². The predicted molar refractivity (Wildman–Crippen MR) is 164 cm³/mol. The molecule has 0 aromatic heterocycles. The van der Waals surface area contributed by atoms with Crippen LogP contribution in [-0.2, 0) is 0 Å². The Bertz CT molecular complexity index is 1510. The molecule has 0 spiro atoms. The van der Waals surface area contributed by atoms with Crippen molar-refractivity contribution in [2.45, 2.75) is 11.8 Å². The number of anilines is 1. The molecule has 4 aromatic rings. The SMILES string of the molecule is O=C(/C=C/SC1=NC(=Nc2ccccc2)SC(CC(=O)c2ccccc2)N1c1ccccc1)c1ccccc1. The van der Waals surface area contributed by atoms with Crippen molar-refractivity contribution in [3.05, 3.63) is 144 Å². The number of thioether (sulfide) groups is 2. The summed E-state index contributed by atoms with van der Waals surface area (Å²) in [5.74, 6) is -0.0525. The zero-order valence-corrected chi connectivity index (χ0v) is 22.6. The maximum atomic E-state index is 13.3. The maximum Gasteiger partial charge on any atom is 0.192 e. The van der Waals surface area contributed by atoms with Crippen molar-refractivity contribution in [2.24, 2.45) is 9.98 Å². The number of aliphatic imine (C=N–C) groups is 2. The van der Waals surface area contributed by atoms with E-state index in [4.69, 9.17) is 9.98 Å². The lowest BCUT2D eigenvalue weighted by atomic mass is 10.1. The Labute approximate surface area is 236 Å². The lowest BCUT2D eigenvalue weighted by Crippen LogP contribution is -2.42. The van der Waals surface area contributed by atoms with Crippen LogP contribution in [0.3, 0.4) is 0 Å². The standard InChI is InChI=1S/C32H25N3O2S2/c36-28(24-13-5-1-6-14-24)21-22-38-32-34-31(33-26-17-9-3-10-18-26)39-30(35(32)27-19-11-4-12-20-27)23-29(37)25-15-7-2-8-16-25/h1-22,30H,23H2/b22-21+,33-31?. The summed E-state index contributed by atoms with van der Waals surface area (Å²) in [7, 11) is 0. The van der Waals surface area contributed by atoms with Gasteiger partial charge in [-0.15, -0.1) is 0 Å². The molecule has 7 heteroatoms. The summed E-state index contributed by atoms with van der Waals surface area (Å²) in [6, 6.07) is 38.0. The number of carbonyl (C=O) groups excluding carboxylic acids is 2. The molecule has 5 nitrogen and oxygen atoms in total. The van der Waals surface area contributed by atoms with Gasteiger partial charge < -0.3 is 4.90 Å². The minimum absolute atomic E-state index is 0.0362. The minimum atomic E-state index is -0.291. The van der Waals surface area contributed by atoms with Crippen LogP contribution in [0.25, 0.3) is 0 Å². The van der Waals surface area contributed by atoms with Crippen LogP contribution in [0.5, 0.6) is 0 Å². The van der Waals surface area contributed by atoms with Crippen molar-refractivity contribution in [1.82, 2.24) is 0 Å². The summed E-state index contributed by atoms with van der Waals surface area (Å²) in [4.78, 5) is 37.7. The first kappa shape index (κ1) is 26.4. The van der Waals surface area contributed by atoms with E-state index in [1.165, 1.54) is 23.5 Å². The van der Waals surface area contributed by atoms with Gasteiger partial charge in [0.15, 0.2) is 21.9 Å². The fourth-order valence-corrected chi connectivity index (χ4v) is 5.99. The lowest BCUT2D eigenvalue weighted by Gasteiger charge is -2.35. The number of nitrogens with zero attached hydrogens (tertiary/aromatic N) is 3. The van der Waals surface area contributed by atoms with Gasteiger partial charge in [-0.1, -0.05) is 121 Å². The summed E-state index contributed by atoms with van der Waals surface area (Å²) in [6.07, 6.45) is 1.80. The van der Waals surface area contributed by atoms with Crippen LogP contribution in [-0.4, -0.2) is 27.3 Å². The average Bonchev–Trinajstić information content (AvgIpc) is 2.99. The Kier molecular flexibility index (Phi) is 8.83. The molecule has 192 valence electrons. The summed E-state index contributed by atoms with van der Waals surface area (Å²) in [5.41, 5.74) is 2.97. The van der Waals surface area contributed by atoms with Gasteiger partial charge in [0.25, 0.3) is 0 Å². The molecule has 0 bridgehead atoms. The highest BCUT2D eigenvalue weighted by atomic mass is 32.2. The quantitative estimate of drug-likeness (QED) is 0.165. The monoisotopic (exact) mass is 547 g/mol. The number of Topliss-reactive ketones (excluding diaryl/α,β-unsaturated/α-hetero) is 1. The topological polar surface area (TPSA) is 62.1 Å². The van der Waals surface area contributed by atoms with Crippen molar-refractivity contribution in [2.75, 3.05) is 4.90 Å². The fourth-order valence-electron chi connectivity index (χ4n) is 3.96. The Balaban J connectivity index is 1.50. The molecular formula is C32H25N3O2S2. The number of para-hydroxylation sites is 2. The highest BCUT2D eigenvalue weighted by molar-refractivity contribution is 8.18. The molecule has 0 N–H and O–H groups in total. The van der Waals surface area contributed by atoms with E-state index in [2.05, 4.69) is 4.90 Å². The molecule has 0 saturated carbocycles. The molecule has 39 heavy (non-hydrogen) atoms. The highest BCUT2D eigenvalue weighted by Crippen LogP contribution is 2.36. The van der Waals surface area contributed by atoms with Gasteiger partial charge in [0.2, 0.25) is 0 Å². The number of hydrogen-bond acceptors (Lipinski definition) is 6. The third-order valence-corrected chi connectivity index (χ3v) is 7.66. The molecule has 0 saturated heterocycles. The van der Waals surface area contributed by atoms with Crippen molar-refractivity contribution in [3.8, 4) is 0 Å². The minimum Gasteiger partial charge on any atom is -0.307 e. The van der Waals surface area contributed by atoms with Crippen LogP contribution in [0, 0.1) is 0 Å². The number of rotatable bonds is 8. The second kappa shape index (κ2) is 13.0. The van der Waals surface area contributed by atoms with Gasteiger partial charge in [-0.25, -0.2) is 4.99 Å². The zero-order valence-electron chi connectivity index (χ0n) is 21.0. The number of benzene rings is 4. The van der Waals surface area contributed by atoms with Crippen molar-refractivity contribution in [1.29, 1.82) is 0 Å². The lowest BCUT2D eigenvalue weighted by molar-refractivity contribution is 0.0982. The third kappa shape index (κ3) is 7.02. The van der Waals surface area contributed by atoms with E-state index in [1.54, 1.807) is 23.6 Å². The normalized spacial score (nSPS) is 16.3. The Hall–Kier alpha value is -4.20. The fraction of sp³-hybridized carbons (Fsp3) is 0.0625. The van der Waals surface area contributed by atoms with Crippen LogP contribution < -0.4 is 4.90 Å². The predicted octanol–water partition coefficient (Wildman–Crippen LogP) is 8.01. The van der Waals surface area contributed by atoms with Crippen molar-refractivity contribution in [3.63, 3.8) is 0 Å². The average molecular weight is 548 g/mol. The van der Waals surface area contributed by atoms with Gasteiger partial charge >= 0.3 is 0 Å². The zero-order chi connectivity index (χ0) is 26.9. The molecule has 1 atom stereocenters. The summed E-state index contributed by atoms with van der Waals surface area (Å²) < 4.78 is 0. The molecule has 0 fully saturated rings. The van der Waals surface area contributed by atoms with Crippen LogP contribution in [0.1, 0.15) is 27.1 Å². The number of ketones is 2. The molecule has 4 aromatic carbocycles. The Morgan fingerprint density at radius 1 is 0.795 bits per heavy atom. The largest absolute Gasteiger partial charge is 0.307 e. The third-order valence-electron chi connectivity index (χ3n) is 5.85. The van der Waals surface area contributed by atoms with E-state index < -0.39 is 0 Å². The van der Waals surface area contributed by atoms with Gasteiger partial charge in [-0.3, -0.25) is 9.59 Å². The molecule has 5 rings (SSSR count). The Morgan fingerprint density at radius 2 is 1.36 bits per heavy atom. The van der Waals surface area contributed by atoms with Gasteiger partial charge in [-0.05, 0) is 35.7 Å². The molecule has 1 unspecified atom stereocenters. The first-order valence-electron chi connectivity index (χ1n) is 12.4. The number of allylic oxidation sites excluding steroid dienone is 1. The van der Waals surface area contributed by atoms with Crippen LogP contribution in [0.15, 0.2) is 143 Å². The number of carbonyl (C=O) groups is 2. The second-order valence-electron chi connectivity index (χ2n) is 8.55. The van der Waals surface area contributed by atoms with Gasteiger partial charge in [0.05, 0.1) is 11.1 Å². The molecule has 0 amide bonds. The van der Waals surface area contributed by atoms with E-state index in [9.17, 15) is 9.59 Å². The van der Waals surface area contributed by atoms with Gasteiger partial charge in [0.1, 0.15) is 0 Å². The number of hydrogen-bond donors (Lipinski definition) is 0. The van der Waals surface area contributed by atoms with E-state index in [-0.39, 0.29) is 23.4 Å². The summed E-state index contributed by atoms with van der Waals surface area (Å²) >= 11 is 2.79. The summed E-state index contributed by atoms with van der Waals surface area (Å²) in [5, 5.41) is 2.65. The highest BCUT2D eigenvalue weighted by Gasteiger charge is 2.33. The molecule has 0 radical (unpaired) electrons. The van der Waals surface area contributed by atoms with E-state index in [0.717, 1.165) is 11.4 Å². The molecular weight excluding hydrogens is 523 g/mol. The van der Waals surface area contributed by atoms with E-state index in [0.29, 0.717) is 21.5 Å². The molecule has 1 aliphatic heterocycles. The number of amidine groups is 2. The van der Waals surface area contributed by atoms with Gasteiger partial charge in [0, 0.05) is 23.2 Å². The van der Waals surface area contributed by atoms with Crippen molar-refractivity contribution < 1.29 is 9.59 Å². The Morgan fingerprint density at radius 3 is 2.00 bits per heavy atom. The summed E-state index contributed by atoms with van der Waals surface area (Å²) in [6.45, 7) is 0. The molecule has 0 aliphatic carbocycles. The second-order valence-corrected chi connectivity index (χ2v) is 10.6. The molecule has 1 aliphatic rings. The van der Waals surface area contributed by atoms with Crippen LogP contribution >= 0.6 is 23.5 Å². The van der Waals surface area contributed by atoms with E-state index in [1.807, 2.05) is 109 Å². The smallest absolute Gasteiger partial charge is 0.192 e. The van der Waals surface area contributed by atoms with Crippen molar-refractivity contribution >= 4 is 56.8 Å². The first-order chi connectivity index (χ1) is 19.2. The van der Waals surface area contributed by atoms with Crippen LogP contribution in [0.4, 0.5) is 11.4 Å².